The lowest BCUT2D eigenvalue weighted by Gasteiger charge is -2.01. The van der Waals surface area contributed by atoms with Crippen molar-refractivity contribution in [1.82, 2.24) is 0 Å². The topological polar surface area (TPSA) is 80.7 Å². The van der Waals surface area contributed by atoms with E-state index in [0.717, 1.165) is 5.56 Å². The van der Waals surface area contributed by atoms with Gasteiger partial charge in [0, 0.05) is 5.69 Å². The second-order valence-electron chi connectivity index (χ2n) is 2.73. The molecule has 0 fully saturated rings. The van der Waals surface area contributed by atoms with Gasteiger partial charge in [-0.2, -0.15) is 0 Å². The summed E-state index contributed by atoms with van der Waals surface area (Å²) in [6.07, 6.45) is 1.21. The van der Waals surface area contributed by atoms with Crippen molar-refractivity contribution in [2.45, 2.75) is 0 Å². The Hall–Kier alpha value is -2.10. The maximum Gasteiger partial charge on any atom is 0.270 e. The Morgan fingerprint density at radius 3 is 2.43 bits per heavy atom. The van der Waals surface area contributed by atoms with Gasteiger partial charge in [0.05, 0.1) is 5.56 Å². The summed E-state index contributed by atoms with van der Waals surface area (Å²) in [5.41, 5.74) is 6.80. The maximum absolute atomic E-state index is 10.9. The Bertz CT molecular complexity index is 367. The molecule has 14 heavy (non-hydrogen) atoms. The van der Waals surface area contributed by atoms with E-state index >= 15 is 0 Å². The van der Waals surface area contributed by atoms with Gasteiger partial charge in [0.15, 0.2) is 0 Å². The average Bonchev–Trinajstić information content (AvgIpc) is 2.18. The molecule has 0 atom stereocenters. The van der Waals surface area contributed by atoms with Gasteiger partial charge in [-0.1, -0.05) is 6.58 Å². The van der Waals surface area contributed by atoms with Crippen LogP contribution in [-0.2, 0) is 4.79 Å². The van der Waals surface area contributed by atoms with E-state index in [2.05, 4.69) is 11.9 Å². The molecule has 1 aromatic carbocycles. The van der Waals surface area contributed by atoms with E-state index < -0.39 is 0 Å². The molecule has 0 unspecified atom stereocenters. The van der Waals surface area contributed by atoms with Crippen molar-refractivity contribution < 1.29 is 10.2 Å². The molecule has 0 heterocycles. The molecule has 0 saturated heterocycles. The fraction of sp³-hybridized carbons (Fsp3) is 0. The van der Waals surface area contributed by atoms with E-state index in [-0.39, 0.29) is 11.7 Å². The standard InChI is InChI=1S/C10H11N3O/c1-2-9(14)13-8-5-3-7(4-6-8)10(11)12/h2-6H,1H2,(H3,11,12)(H,13,14)/p+1. The largest absolute Gasteiger partial charge is 0.323 e. The van der Waals surface area contributed by atoms with Gasteiger partial charge >= 0.3 is 0 Å². The Morgan fingerprint density at radius 1 is 1.43 bits per heavy atom. The Morgan fingerprint density at radius 2 is 2.00 bits per heavy atom. The number of rotatable bonds is 3. The fourth-order valence-electron chi connectivity index (χ4n) is 0.939. The van der Waals surface area contributed by atoms with Crippen molar-refractivity contribution >= 4 is 17.4 Å². The number of benzene rings is 1. The normalized spacial score (nSPS) is 9.14. The van der Waals surface area contributed by atoms with Crippen LogP contribution in [-0.4, -0.2) is 11.7 Å². The molecule has 4 nitrogen and oxygen atoms in total. The van der Waals surface area contributed by atoms with Gasteiger partial charge in [-0.05, 0) is 30.3 Å². The molecule has 0 aliphatic heterocycles. The van der Waals surface area contributed by atoms with Crippen molar-refractivity contribution in [2.24, 2.45) is 5.73 Å². The molecule has 5 N–H and O–H groups in total. The number of hydrogen-bond donors (Lipinski definition) is 3. The van der Waals surface area contributed by atoms with Crippen LogP contribution in [0.5, 0.6) is 0 Å². The van der Waals surface area contributed by atoms with E-state index in [1.54, 1.807) is 24.3 Å². The van der Waals surface area contributed by atoms with Crippen LogP contribution in [0.4, 0.5) is 5.69 Å². The molecule has 1 rings (SSSR count). The summed E-state index contributed by atoms with van der Waals surface area (Å²) in [5, 5.41) is 7.99. The lowest BCUT2D eigenvalue weighted by molar-refractivity contribution is -0.114. The molecule has 0 aliphatic carbocycles. The SMILES string of the molecule is C=CC(=O)Nc1ccc(C(N)=[NH2+])cc1. The zero-order chi connectivity index (χ0) is 10.6. The van der Waals surface area contributed by atoms with E-state index in [0.29, 0.717) is 5.69 Å². The average molecular weight is 190 g/mol. The minimum absolute atomic E-state index is 0.248. The molecule has 72 valence electrons. The number of carbonyl (C=O) groups excluding carboxylic acids is 1. The number of nitrogens with one attached hydrogen (secondary N) is 1. The van der Waals surface area contributed by atoms with Gasteiger partial charge in [0.25, 0.3) is 5.84 Å². The predicted molar refractivity (Wildman–Crippen MR) is 55.5 cm³/mol. The summed E-state index contributed by atoms with van der Waals surface area (Å²) in [6, 6.07) is 6.90. The first kappa shape index (κ1) is 9.98. The van der Waals surface area contributed by atoms with Crippen molar-refractivity contribution in [3.63, 3.8) is 0 Å². The highest BCUT2D eigenvalue weighted by Gasteiger charge is 2.01. The third-order valence-corrected chi connectivity index (χ3v) is 1.67. The van der Waals surface area contributed by atoms with Crippen LogP contribution >= 0.6 is 0 Å². The molecule has 0 aliphatic rings. The summed E-state index contributed by atoms with van der Waals surface area (Å²) >= 11 is 0. The van der Waals surface area contributed by atoms with Crippen LogP contribution in [0.25, 0.3) is 0 Å². The quantitative estimate of drug-likeness (QED) is 0.334. The lowest BCUT2D eigenvalue weighted by atomic mass is 10.2. The summed E-state index contributed by atoms with van der Waals surface area (Å²) < 4.78 is 0. The van der Waals surface area contributed by atoms with Gasteiger partial charge in [0.2, 0.25) is 5.91 Å². The molecule has 1 aromatic rings. The second-order valence-corrected chi connectivity index (χ2v) is 2.73. The number of nitrogens with two attached hydrogens (primary N) is 2. The molecular weight excluding hydrogens is 178 g/mol. The number of carbonyl (C=O) groups is 1. The first-order chi connectivity index (χ1) is 6.63. The monoisotopic (exact) mass is 190 g/mol. The van der Waals surface area contributed by atoms with Crippen LogP contribution in [0, 0.1) is 0 Å². The van der Waals surface area contributed by atoms with Crippen LogP contribution in [0.3, 0.4) is 0 Å². The number of amidine groups is 1. The molecule has 0 spiro atoms. The second kappa shape index (κ2) is 4.23. The van der Waals surface area contributed by atoms with Crippen molar-refractivity contribution in [3.05, 3.63) is 42.5 Å². The first-order valence-corrected chi connectivity index (χ1v) is 4.05. The van der Waals surface area contributed by atoms with Gasteiger partial charge in [-0.15, -0.1) is 0 Å². The molecule has 0 saturated carbocycles. The van der Waals surface area contributed by atoms with Crippen LogP contribution in [0.1, 0.15) is 5.56 Å². The Labute approximate surface area is 81.9 Å². The van der Waals surface area contributed by atoms with Crippen molar-refractivity contribution in [2.75, 3.05) is 5.32 Å². The zero-order valence-corrected chi connectivity index (χ0v) is 7.66. The Kier molecular flexibility index (Phi) is 3.01. The number of amides is 1. The van der Waals surface area contributed by atoms with Gasteiger partial charge in [-0.25, -0.2) is 0 Å². The molecule has 1 amide bonds. The molecule has 0 bridgehead atoms. The highest BCUT2D eigenvalue weighted by atomic mass is 16.1. The third-order valence-electron chi connectivity index (χ3n) is 1.67. The predicted octanol–water partition coefficient (Wildman–Crippen LogP) is -0.724. The van der Waals surface area contributed by atoms with E-state index in [1.807, 2.05) is 0 Å². The molecule has 0 radical (unpaired) electrons. The highest BCUT2D eigenvalue weighted by Crippen LogP contribution is 2.08. The van der Waals surface area contributed by atoms with Crippen molar-refractivity contribution in [1.29, 1.82) is 0 Å². The molecule has 0 aromatic heterocycles. The summed E-state index contributed by atoms with van der Waals surface area (Å²) in [7, 11) is 0. The highest BCUT2D eigenvalue weighted by molar-refractivity contribution is 5.99. The summed E-state index contributed by atoms with van der Waals surface area (Å²) in [6.45, 7) is 3.35. The number of hydrogen-bond acceptors (Lipinski definition) is 1. The zero-order valence-electron chi connectivity index (χ0n) is 7.66. The Balaban J connectivity index is 2.78. The van der Waals surface area contributed by atoms with Crippen molar-refractivity contribution in [3.8, 4) is 0 Å². The third kappa shape index (κ3) is 2.45. The lowest BCUT2D eigenvalue weighted by Crippen LogP contribution is -2.46. The summed E-state index contributed by atoms with van der Waals surface area (Å²) in [4.78, 5) is 10.9. The minimum Gasteiger partial charge on any atom is -0.323 e. The van der Waals surface area contributed by atoms with Gasteiger partial charge in [-0.3, -0.25) is 15.9 Å². The molecule has 4 heteroatoms. The number of anilines is 1. The molecular formula is C10H12N3O+. The van der Waals surface area contributed by atoms with Crippen LogP contribution < -0.4 is 16.5 Å². The van der Waals surface area contributed by atoms with Gasteiger partial charge in [0.1, 0.15) is 0 Å². The summed E-state index contributed by atoms with van der Waals surface area (Å²) in [5.74, 6) is 0.00838. The fourth-order valence-corrected chi connectivity index (χ4v) is 0.939. The van der Waals surface area contributed by atoms with E-state index in [4.69, 9.17) is 11.1 Å². The smallest absolute Gasteiger partial charge is 0.270 e. The van der Waals surface area contributed by atoms with Crippen LogP contribution in [0.15, 0.2) is 36.9 Å². The maximum atomic E-state index is 10.9. The van der Waals surface area contributed by atoms with E-state index in [9.17, 15) is 4.79 Å². The first-order valence-electron chi connectivity index (χ1n) is 4.05. The van der Waals surface area contributed by atoms with Crippen LogP contribution in [0.2, 0.25) is 0 Å². The van der Waals surface area contributed by atoms with E-state index in [1.165, 1.54) is 6.08 Å². The minimum atomic E-state index is -0.248. The van der Waals surface area contributed by atoms with Gasteiger partial charge < -0.3 is 5.32 Å².